The molecule has 0 spiro atoms. The molecular weight excluding hydrogens is 324 g/mol. The Morgan fingerprint density at radius 3 is 2.50 bits per heavy atom. The Bertz CT molecular complexity index is 737. The predicted molar refractivity (Wildman–Crippen MR) is 106 cm³/mol. The number of aryl methyl sites for hydroxylation is 2. The lowest BCUT2D eigenvalue weighted by Gasteiger charge is -2.33. The van der Waals surface area contributed by atoms with Crippen molar-refractivity contribution in [2.75, 3.05) is 40.4 Å². The van der Waals surface area contributed by atoms with Crippen molar-refractivity contribution in [2.24, 2.45) is 0 Å². The summed E-state index contributed by atoms with van der Waals surface area (Å²) in [5.41, 5.74) is 5.24. The smallest absolute Gasteiger partial charge is 0.161 e. The summed E-state index contributed by atoms with van der Waals surface area (Å²) in [7, 11) is 3.38. The molecular formula is C22H30N2O2. The van der Waals surface area contributed by atoms with E-state index in [-0.39, 0.29) is 6.04 Å². The zero-order chi connectivity index (χ0) is 18.5. The van der Waals surface area contributed by atoms with Crippen molar-refractivity contribution < 1.29 is 9.47 Å². The van der Waals surface area contributed by atoms with Gasteiger partial charge >= 0.3 is 0 Å². The molecule has 1 unspecified atom stereocenters. The second-order valence-corrected chi connectivity index (χ2v) is 7.02. The number of benzene rings is 2. The number of ether oxygens (including phenoxy) is 2. The predicted octanol–water partition coefficient (Wildman–Crippen LogP) is 3.71. The van der Waals surface area contributed by atoms with Gasteiger partial charge in [-0.3, -0.25) is 4.90 Å². The molecule has 4 nitrogen and oxygen atoms in total. The number of hydrogen-bond acceptors (Lipinski definition) is 4. The first kappa shape index (κ1) is 18.7. The molecule has 1 aliphatic heterocycles. The van der Waals surface area contributed by atoms with Gasteiger partial charge in [-0.1, -0.05) is 29.8 Å². The molecule has 1 fully saturated rings. The SMILES string of the molecule is COc1ccc(C(c2cc(C)ccc2C)N2CCCNCC2)cc1OC. The van der Waals surface area contributed by atoms with E-state index in [9.17, 15) is 0 Å². The first-order valence-electron chi connectivity index (χ1n) is 9.38. The number of nitrogens with zero attached hydrogens (tertiary/aromatic N) is 1. The van der Waals surface area contributed by atoms with Crippen molar-refractivity contribution in [3.8, 4) is 11.5 Å². The zero-order valence-corrected chi connectivity index (χ0v) is 16.3. The van der Waals surface area contributed by atoms with Gasteiger partial charge in [-0.25, -0.2) is 0 Å². The van der Waals surface area contributed by atoms with Crippen molar-refractivity contribution in [3.05, 3.63) is 58.7 Å². The maximum atomic E-state index is 5.57. The standard InChI is InChI=1S/C22H30N2O2/c1-16-6-7-17(2)19(14-16)22(24-12-5-10-23-11-13-24)18-8-9-20(25-3)21(15-18)26-4/h6-9,14-15,22-23H,5,10-13H2,1-4H3. The van der Waals surface area contributed by atoms with Gasteiger partial charge in [0.15, 0.2) is 11.5 Å². The molecule has 0 radical (unpaired) electrons. The summed E-state index contributed by atoms with van der Waals surface area (Å²) in [6.07, 6.45) is 1.16. The summed E-state index contributed by atoms with van der Waals surface area (Å²) in [6, 6.07) is 13.3. The van der Waals surface area contributed by atoms with Gasteiger partial charge in [0.05, 0.1) is 20.3 Å². The molecule has 26 heavy (non-hydrogen) atoms. The molecule has 140 valence electrons. The molecule has 0 saturated carbocycles. The van der Waals surface area contributed by atoms with Gasteiger partial charge in [0.25, 0.3) is 0 Å². The van der Waals surface area contributed by atoms with Gasteiger partial charge in [0.2, 0.25) is 0 Å². The van der Waals surface area contributed by atoms with Crippen molar-refractivity contribution >= 4 is 0 Å². The third-order valence-corrected chi connectivity index (χ3v) is 5.19. The summed E-state index contributed by atoms with van der Waals surface area (Å²) in [4.78, 5) is 2.59. The van der Waals surface area contributed by atoms with Crippen molar-refractivity contribution in [1.29, 1.82) is 0 Å². The van der Waals surface area contributed by atoms with Gasteiger partial charge in [-0.05, 0) is 55.6 Å². The fourth-order valence-electron chi connectivity index (χ4n) is 3.79. The Morgan fingerprint density at radius 2 is 1.73 bits per heavy atom. The number of nitrogens with one attached hydrogen (secondary N) is 1. The molecule has 0 amide bonds. The molecule has 0 aromatic heterocycles. The van der Waals surface area contributed by atoms with Crippen LogP contribution in [0.15, 0.2) is 36.4 Å². The van der Waals surface area contributed by atoms with Crippen LogP contribution in [0.4, 0.5) is 0 Å². The average Bonchev–Trinajstić information content (AvgIpc) is 2.94. The Morgan fingerprint density at radius 1 is 0.923 bits per heavy atom. The Labute approximate surface area is 157 Å². The van der Waals surface area contributed by atoms with E-state index in [2.05, 4.69) is 54.4 Å². The van der Waals surface area contributed by atoms with E-state index in [4.69, 9.17) is 9.47 Å². The van der Waals surface area contributed by atoms with Gasteiger partial charge < -0.3 is 14.8 Å². The fourth-order valence-corrected chi connectivity index (χ4v) is 3.79. The lowest BCUT2D eigenvalue weighted by molar-refractivity contribution is 0.239. The molecule has 1 N–H and O–H groups in total. The summed E-state index contributed by atoms with van der Waals surface area (Å²) < 4.78 is 11.0. The summed E-state index contributed by atoms with van der Waals surface area (Å²) in [5, 5.41) is 3.52. The zero-order valence-electron chi connectivity index (χ0n) is 16.3. The Balaban J connectivity index is 2.09. The van der Waals surface area contributed by atoms with Crippen LogP contribution >= 0.6 is 0 Å². The molecule has 0 aliphatic carbocycles. The Hall–Kier alpha value is -2.04. The van der Waals surface area contributed by atoms with Crippen LogP contribution in [0.25, 0.3) is 0 Å². The van der Waals surface area contributed by atoms with Crippen LogP contribution < -0.4 is 14.8 Å². The highest BCUT2D eigenvalue weighted by Crippen LogP contribution is 2.36. The van der Waals surface area contributed by atoms with Crippen LogP contribution in [-0.4, -0.2) is 45.3 Å². The van der Waals surface area contributed by atoms with Crippen LogP contribution in [0.2, 0.25) is 0 Å². The van der Waals surface area contributed by atoms with Crippen LogP contribution in [0.3, 0.4) is 0 Å². The number of methoxy groups -OCH3 is 2. The number of rotatable bonds is 5. The third kappa shape index (κ3) is 4.02. The van der Waals surface area contributed by atoms with E-state index in [1.165, 1.54) is 22.3 Å². The third-order valence-electron chi connectivity index (χ3n) is 5.19. The second kappa shape index (κ2) is 8.56. The minimum atomic E-state index is 0.217. The summed E-state index contributed by atoms with van der Waals surface area (Å²) >= 11 is 0. The van der Waals surface area contributed by atoms with Crippen LogP contribution in [-0.2, 0) is 0 Å². The molecule has 1 saturated heterocycles. The average molecular weight is 354 g/mol. The van der Waals surface area contributed by atoms with Crippen LogP contribution in [0.5, 0.6) is 11.5 Å². The van der Waals surface area contributed by atoms with Crippen molar-refractivity contribution in [3.63, 3.8) is 0 Å². The van der Waals surface area contributed by atoms with Crippen LogP contribution in [0, 0.1) is 13.8 Å². The van der Waals surface area contributed by atoms with Crippen molar-refractivity contribution in [2.45, 2.75) is 26.3 Å². The Kier molecular flexibility index (Phi) is 6.17. The maximum absolute atomic E-state index is 5.57. The lowest BCUT2D eigenvalue weighted by Crippen LogP contribution is -2.33. The second-order valence-electron chi connectivity index (χ2n) is 7.02. The summed E-state index contributed by atoms with van der Waals surface area (Å²) in [6.45, 7) is 8.60. The largest absolute Gasteiger partial charge is 0.493 e. The molecule has 1 heterocycles. The van der Waals surface area contributed by atoms with Gasteiger partial charge in [-0.2, -0.15) is 0 Å². The fraction of sp³-hybridized carbons (Fsp3) is 0.455. The highest BCUT2D eigenvalue weighted by Gasteiger charge is 2.25. The quantitative estimate of drug-likeness (QED) is 0.888. The van der Waals surface area contributed by atoms with E-state index in [1.807, 2.05) is 6.07 Å². The lowest BCUT2D eigenvalue weighted by atomic mass is 9.91. The molecule has 1 atom stereocenters. The molecule has 3 rings (SSSR count). The van der Waals surface area contributed by atoms with E-state index < -0.39 is 0 Å². The molecule has 2 aromatic rings. The number of hydrogen-bond donors (Lipinski definition) is 1. The minimum Gasteiger partial charge on any atom is -0.493 e. The first-order chi connectivity index (χ1) is 12.6. The van der Waals surface area contributed by atoms with E-state index >= 15 is 0 Å². The van der Waals surface area contributed by atoms with Crippen LogP contribution in [0.1, 0.15) is 34.7 Å². The normalized spacial score (nSPS) is 16.8. The van der Waals surface area contributed by atoms with E-state index in [0.717, 1.165) is 44.1 Å². The monoisotopic (exact) mass is 354 g/mol. The molecule has 1 aliphatic rings. The van der Waals surface area contributed by atoms with Gasteiger partial charge in [0, 0.05) is 19.6 Å². The van der Waals surface area contributed by atoms with Crippen molar-refractivity contribution in [1.82, 2.24) is 10.2 Å². The van der Waals surface area contributed by atoms with E-state index in [1.54, 1.807) is 14.2 Å². The molecule has 2 aromatic carbocycles. The highest BCUT2D eigenvalue weighted by molar-refractivity contribution is 5.47. The molecule has 4 heteroatoms. The molecule has 0 bridgehead atoms. The van der Waals surface area contributed by atoms with E-state index in [0.29, 0.717) is 0 Å². The van der Waals surface area contributed by atoms with Gasteiger partial charge in [0.1, 0.15) is 0 Å². The maximum Gasteiger partial charge on any atom is 0.161 e. The summed E-state index contributed by atoms with van der Waals surface area (Å²) in [5.74, 6) is 1.56. The van der Waals surface area contributed by atoms with Gasteiger partial charge in [-0.15, -0.1) is 0 Å². The highest BCUT2D eigenvalue weighted by atomic mass is 16.5. The topological polar surface area (TPSA) is 33.7 Å². The minimum absolute atomic E-state index is 0.217. The first-order valence-corrected chi connectivity index (χ1v) is 9.38.